The van der Waals surface area contributed by atoms with Crippen LogP contribution in [-0.2, 0) is 42.7 Å². The van der Waals surface area contributed by atoms with Crippen molar-refractivity contribution in [3.05, 3.63) is 15.6 Å². The average molecular weight is 885 g/mol. The Kier molecular flexibility index (Phi) is 18.5. The molecule has 0 radical (unpaired) electrons. The molecule has 3 saturated heterocycles. The molecule has 4 heterocycles. The molecule has 2 amide bonds. The predicted octanol–water partition coefficient (Wildman–Crippen LogP) is 4.27. The van der Waals surface area contributed by atoms with Gasteiger partial charge >= 0.3 is 5.97 Å². The number of aryl methyl sites for hydroxylation is 1. The monoisotopic (exact) mass is 885 g/mol. The van der Waals surface area contributed by atoms with Gasteiger partial charge in [-0.2, -0.15) is 0 Å². The number of methoxy groups -OCH3 is 1. The zero-order valence-electron chi connectivity index (χ0n) is 39.1. The minimum absolute atomic E-state index is 0.0150. The van der Waals surface area contributed by atoms with Gasteiger partial charge in [0.15, 0.2) is 12.6 Å². The molecule has 3 aliphatic heterocycles. The third kappa shape index (κ3) is 13.1. The number of nitrogens with one attached hydrogen (secondary N) is 1. The van der Waals surface area contributed by atoms with Crippen LogP contribution in [-0.4, -0.2) is 164 Å². The molecule has 350 valence electrons. The maximum absolute atomic E-state index is 13.8. The lowest BCUT2D eigenvalue weighted by Gasteiger charge is -2.49. The lowest BCUT2D eigenvalue weighted by molar-refractivity contribution is -0.321. The maximum Gasteiger partial charge on any atom is 0.311 e. The molecular formula is C44H76N4O12S. The molecule has 0 aromatic carbocycles. The Morgan fingerprint density at radius 2 is 1.77 bits per heavy atom. The molecule has 0 saturated carbocycles. The normalized spacial score (nSPS) is 37.4. The molecule has 0 bridgehead atoms. The Morgan fingerprint density at radius 1 is 1.08 bits per heavy atom. The molecule has 1 unspecified atom stereocenters. The summed E-state index contributed by atoms with van der Waals surface area (Å²) in [5, 5.41) is 27.6. The van der Waals surface area contributed by atoms with Crippen molar-refractivity contribution in [3.8, 4) is 0 Å². The average Bonchev–Trinajstić information content (AvgIpc) is 3.58. The van der Waals surface area contributed by atoms with Crippen molar-refractivity contribution in [2.24, 2.45) is 17.8 Å². The van der Waals surface area contributed by atoms with E-state index in [-0.39, 0.29) is 68.3 Å². The van der Waals surface area contributed by atoms with Gasteiger partial charge in [0.25, 0.3) is 5.91 Å². The summed E-state index contributed by atoms with van der Waals surface area (Å²) in [6.07, 6.45) is -4.66. The number of hydrogen-bond acceptors (Lipinski definition) is 15. The molecule has 4 rings (SSSR count). The maximum atomic E-state index is 13.8. The molecule has 14 atom stereocenters. The van der Waals surface area contributed by atoms with E-state index in [0.717, 1.165) is 10.7 Å². The number of thiazole rings is 1. The molecule has 16 nitrogen and oxygen atoms in total. The number of hydrogen-bond donors (Lipinski definition) is 3. The van der Waals surface area contributed by atoms with E-state index in [2.05, 4.69) is 29.0 Å². The number of esters is 1. The number of amides is 2. The van der Waals surface area contributed by atoms with E-state index in [1.807, 2.05) is 41.8 Å². The first-order valence-electron chi connectivity index (χ1n) is 22.0. The third-order valence-corrected chi connectivity index (χ3v) is 14.0. The standard InChI is InChI=1S/C44H76N4O12S/c1-24(2)40-46-29(7)36(61-40)39(51)45-17-15-18-55-35-31(47(11)12)20-26(4)57-42(35)60-38-27(5)34(59-33-22-44(10,54-14)37(50)30(8)58-33)28(6)41(52)56-19-16-32(49)48(13)23-25(3)21-43(38,9)53/h24-28,30-31,33-35,37-38,42,50,53H,15-23H2,1-14H3,(H,45,51)/t25-,26-,27+,28-,30+,31+,33?,34+,35-,37+,38-,42+,43-,44-/m1/s1. The highest BCUT2D eigenvalue weighted by molar-refractivity contribution is 7.13. The summed E-state index contributed by atoms with van der Waals surface area (Å²) in [6.45, 7) is 19.6. The Bertz CT molecular complexity index is 1590. The number of aliphatic hydroxyl groups excluding tert-OH is 1. The van der Waals surface area contributed by atoms with Crippen molar-refractivity contribution in [3.63, 3.8) is 0 Å². The Balaban J connectivity index is 1.65. The van der Waals surface area contributed by atoms with E-state index in [1.54, 1.807) is 39.6 Å². The zero-order chi connectivity index (χ0) is 45.6. The van der Waals surface area contributed by atoms with Crippen LogP contribution in [0.2, 0.25) is 0 Å². The van der Waals surface area contributed by atoms with Crippen molar-refractivity contribution >= 4 is 29.1 Å². The first kappa shape index (κ1) is 51.3. The van der Waals surface area contributed by atoms with Crippen molar-refractivity contribution < 1.29 is 57.8 Å². The van der Waals surface area contributed by atoms with Crippen molar-refractivity contribution in [2.45, 2.75) is 174 Å². The number of carbonyl (C=O) groups is 3. The molecule has 1 aromatic heterocycles. The van der Waals surface area contributed by atoms with Crippen LogP contribution in [0.25, 0.3) is 0 Å². The molecule has 1 aromatic rings. The number of aliphatic hydroxyl groups is 2. The summed E-state index contributed by atoms with van der Waals surface area (Å²) in [5.41, 5.74) is -1.83. The van der Waals surface area contributed by atoms with Gasteiger partial charge in [-0.25, -0.2) is 4.98 Å². The van der Waals surface area contributed by atoms with E-state index in [0.29, 0.717) is 30.8 Å². The van der Waals surface area contributed by atoms with Crippen LogP contribution in [0.15, 0.2) is 0 Å². The van der Waals surface area contributed by atoms with E-state index in [1.165, 1.54) is 18.4 Å². The van der Waals surface area contributed by atoms with Gasteiger partial charge in [0, 0.05) is 58.2 Å². The zero-order valence-corrected chi connectivity index (χ0v) is 39.9. The van der Waals surface area contributed by atoms with E-state index >= 15 is 0 Å². The van der Waals surface area contributed by atoms with Crippen molar-refractivity contribution in [1.29, 1.82) is 0 Å². The molecule has 0 spiro atoms. The van der Waals surface area contributed by atoms with Crippen LogP contribution in [0.4, 0.5) is 0 Å². The second-order valence-corrected chi connectivity index (χ2v) is 19.8. The summed E-state index contributed by atoms with van der Waals surface area (Å²) in [4.78, 5) is 48.8. The molecule has 3 aliphatic rings. The summed E-state index contributed by atoms with van der Waals surface area (Å²) < 4.78 is 44.6. The molecular weight excluding hydrogens is 809 g/mol. The van der Waals surface area contributed by atoms with Gasteiger partial charge in [0.05, 0.1) is 58.7 Å². The Morgan fingerprint density at radius 3 is 2.39 bits per heavy atom. The first-order valence-corrected chi connectivity index (χ1v) is 22.8. The van der Waals surface area contributed by atoms with Crippen LogP contribution in [0.1, 0.15) is 121 Å². The summed E-state index contributed by atoms with van der Waals surface area (Å²) in [6, 6.07) is -0.133. The quantitative estimate of drug-likeness (QED) is 0.188. The van der Waals surface area contributed by atoms with Crippen molar-refractivity contribution in [2.75, 3.05) is 54.6 Å². The number of nitrogens with zero attached hydrogens (tertiary/aromatic N) is 3. The lowest BCUT2D eigenvalue weighted by Crippen LogP contribution is -2.61. The number of aromatic nitrogens is 1. The third-order valence-electron chi connectivity index (χ3n) is 12.6. The summed E-state index contributed by atoms with van der Waals surface area (Å²) in [7, 11) is 7.18. The fourth-order valence-electron chi connectivity index (χ4n) is 9.04. The van der Waals surface area contributed by atoms with Gasteiger partial charge in [-0.15, -0.1) is 11.3 Å². The topological polar surface area (TPSA) is 188 Å². The first-order chi connectivity index (χ1) is 28.5. The predicted molar refractivity (Wildman–Crippen MR) is 230 cm³/mol. The minimum atomic E-state index is -1.55. The van der Waals surface area contributed by atoms with Gasteiger partial charge in [0.2, 0.25) is 5.91 Å². The second kappa shape index (κ2) is 22.0. The van der Waals surface area contributed by atoms with Gasteiger partial charge in [-0.05, 0) is 80.8 Å². The van der Waals surface area contributed by atoms with E-state index in [4.69, 9.17) is 33.2 Å². The Labute approximate surface area is 367 Å². The highest BCUT2D eigenvalue weighted by Crippen LogP contribution is 2.40. The van der Waals surface area contributed by atoms with Crippen LogP contribution < -0.4 is 5.32 Å². The fourth-order valence-corrected chi connectivity index (χ4v) is 10.0. The minimum Gasteiger partial charge on any atom is -0.465 e. The van der Waals surface area contributed by atoms with Crippen LogP contribution in [0.5, 0.6) is 0 Å². The number of cyclic esters (lactones) is 1. The van der Waals surface area contributed by atoms with Crippen LogP contribution in [0, 0.1) is 24.7 Å². The lowest BCUT2D eigenvalue weighted by atomic mass is 9.77. The smallest absolute Gasteiger partial charge is 0.311 e. The molecule has 0 aliphatic carbocycles. The molecule has 3 fully saturated rings. The van der Waals surface area contributed by atoms with Gasteiger partial charge in [-0.3, -0.25) is 14.4 Å². The number of ether oxygens (including phenoxy) is 7. The van der Waals surface area contributed by atoms with E-state index < -0.39 is 72.1 Å². The summed E-state index contributed by atoms with van der Waals surface area (Å²) >= 11 is 1.42. The van der Waals surface area contributed by atoms with Crippen molar-refractivity contribution in [1.82, 2.24) is 20.1 Å². The fraction of sp³-hybridized carbons (Fsp3) is 0.864. The number of likely N-dealkylation sites (N-methyl/N-ethyl adjacent to an activating group) is 1. The Hall–Kier alpha value is -2.32. The molecule has 3 N–H and O–H groups in total. The summed E-state index contributed by atoms with van der Waals surface area (Å²) in [5.74, 6) is -2.45. The van der Waals surface area contributed by atoms with Crippen LogP contribution in [0.3, 0.4) is 0 Å². The van der Waals surface area contributed by atoms with Gasteiger partial charge < -0.3 is 58.5 Å². The second-order valence-electron chi connectivity index (χ2n) is 18.7. The largest absolute Gasteiger partial charge is 0.465 e. The number of carbonyl (C=O) groups excluding carboxylic acids is 3. The highest BCUT2D eigenvalue weighted by atomic mass is 32.1. The SMILES string of the molecule is CO[C@]1(C)CC(O[C@H]2[C@H](C)[C@@H](O[C@@H]3O[C@H](C)C[C@H](N(C)C)[C@H]3OCCCNC(=O)c3sc(C(C)C)nc3C)[C@](C)(O)C[C@@H](C)CN(C)C(=O)CCOC(=O)[C@@H]2C)O[C@@H](C)[C@@H]1O. The molecule has 61 heavy (non-hydrogen) atoms. The highest BCUT2D eigenvalue weighted by Gasteiger charge is 2.51. The number of rotatable bonds is 13. The molecule has 17 heteroatoms. The van der Waals surface area contributed by atoms with E-state index in [9.17, 15) is 24.6 Å². The van der Waals surface area contributed by atoms with Gasteiger partial charge in [-0.1, -0.05) is 27.7 Å². The van der Waals surface area contributed by atoms with Crippen LogP contribution >= 0.6 is 11.3 Å². The van der Waals surface area contributed by atoms with Gasteiger partial charge in [0.1, 0.15) is 23.7 Å².